The fraction of sp³-hybridized carbons (Fsp3) is 1.00. The second-order valence-electron chi connectivity index (χ2n) is 4.86. The molecule has 0 bridgehead atoms. The van der Waals surface area contributed by atoms with Gasteiger partial charge in [0, 0.05) is 26.2 Å². The van der Waals surface area contributed by atoms with E-state index in [-0.39, 0.29) is 0 Å². The lowest BCUT2D eigenvalue weighted by atomic mass is 10.2. The van der Waals surface area contributed by atoms with Gasteiger partial charge in [0.25, 0.3) is 0 Å². The Morgan fingerprint density at radius 1 is 1.22 bits per heavy atom. The topological polar surface area (TPSA) is 33.7 Å². The van der Waals surface area contributed by atoms with Crippen LogP contribution in [-0.2, 0) is 9.47 Å². The van der Waals surface area contributed by atoms with Gasteiger partial charge in [0.05, 0.1) is 18.8 Å². The largest absolute Gasteiger partial charge is 0.380 e. The average molecular weight is 258 g/mol. The molecule has 1 rings (SSSR count). The molecule has 1 N–H and O–H groups in total. The van der Waals surface area contributed by atoms with Crippen molar-refractivity contribution in [2.45, 2.75) is 45.8 Å². The molecule has 1 aliphatic rings. The van der Waals surface area contributed by atoms with Crippen LogP contribution >= 0.6 is 0 Å². The Balaban J connectivity index is 2.16. The zero-order valence-electron chi connectivity index (χ0n) is 12.3. The SMILES string of the molecule is CCNCC1CCC(CN(CC)CCOCC)O1. The first-order chi connectivity index (χ1) is 8.80. The summed E-state index contributed by atoms with van der Waals surface area (Å²) in [6, 6.07) is 0. The van der Waals surface area contributed by atoms with Gasteiger partial charge < -0.3 is 14.8 Å². The van der Waals surface area contributed by atoms with E-state index in [4.69, 9.17) is 9.47 Å². The number of likely N-dealkylation sites (N-methyl/N-ethyl adjacent to an activating group) is 2. The fourth-order valence-corrected chi connectivity index (χ4v) is 2.37. The standard InChI is InChI=1S/C14H30N2O2/c1-4-15-11-13-7-8-14(18-13)12-16(5-2)9-10-17-6-3/h13-15H,4-12H2,1-3H3. The van der Waals surface area contributed by atoms with Gasteiger partial charge in [-0.3, -0.25) is 4.90 Å². The molecule has 0 aromatic rings. The molecule has 2 atom stereocenters. The molecule has 1 fully saturated rings. The predicted octanol–water partition coefficient (Wildman–Crippen LogP) is 1.50. The summed E-state index contributed by atoms with van der Waals surface area (Å²) in [6.45, 7) is 13.2. The molecular weight excluding hydrogens is 228 g/mol. The lowest BCUT2D eigenvalue weighted by Crippen LogP contribution is -2.36. The van der Waals surface area contributed by atoms with Gasteiger partial charge in [-0.05, 0) is 32.9 Å². The van der Waals surface area contributed by atoms with E-state index in [9.17, 15) is 0 Å². The summed E-state index contributed by atoms with van der Waals surface area (Å²) in [5, 5.41) is 3.36. The minimum atomic E-state index is 0.412. The summed E-state index contributed by atoms with van der Waals surface area (Å²) in [5.74, 6) is 0. The number of nitrogens with zero attached hydrogens (tertiary/aromatic N) is 1. The number of hydrogen-bond acceptors (Lipinski definition) is 4. The molecule has 1 heterocycles. The Morgan fingerprint density at radius 3 is 2.67 bits per heavy atom. The van der Waals surface area contributed by atoms with E-state index in [0.717, 1.165) is 45.9 Å². The van der Waals surface area contributed by atoms with E-state index in [2.05, 4.69) is 24.1 Å². The number of ether oxygens (including phenoxy) is 2. The van der Waals surface area contributed by atoms with Crippen molar-refractivity contribution < 1.29 is 9.47 Å². The summed E-state index contributed by atoms with van der Waals surface area (Å²) >= 11 is 0. The fourth-order valence-electron chi connectivity index (χ4n) is 2.37. The minimum absolute atomic E-state index is 0.412. The average Bonchev–Trinajstić information content (AvgIpc) is 2.83. The van der Waals surface area contributed by atoms with Gasteiger partial charge >= 0.3 is 0 Å². The van der Waals surface area contributed by atoms with Crippen LogP contribution in [0.3, 0.4) is 0 Å². The van der Waals surface area contributed by atoms with E-state index < -0.39 is 0 Å². The van der Waals surface area contributed by atoms with Crippen LogP contribution in [0.15, 0.2) is 0 Å². The zero-order valence-corrected chi connectivity index (χ0v) is 12.3. The lowest BCUT2D eigenvalue weighted by molar-refractivity contribution is 0.0182. The van der Waals surface area contributed by atoms with Crippen molar-refractivity contribution in [3.8, 4) is 0 Å². The van der Waals surface area contributed by atoms with Crippen LogP contribution in [-0.4, -0.2) is 63.0 Å². The number of nitrogens with one attached hydrogen (secondary N) is 1. The van der Waals surface area contributed by atoms with Crippen molar-refractivity contribution in [1.29, 1.82) is 0 Å². The van der Waals surface area contributed by atoms with Crippen molar-refractivity contribution >= 4 is 0 Å². The van der Waals surface area contributed by atoms with Crippen LogP contribution in [0.1, 0.15) is 33.6 Å². The molecular formula is C14H30N2O2. The van der Waals surface area contributed by atoms with Gasteiger partial charge in [0.1, 0.15) is 0 Å². The Hall–Kier alpha value is -0.160. The molecule has 2 unspecified atom stereocenters. The number of rotatable bonds is 10. The zero-order chi connectivity index (χ0) is 13.2. The molecule has 4 nitrogen and oxygen atoms in total. The van der Waals surface area contributed by atoms with Crippen LogP contribution in [0.5, 0.6) is 0 Å². The van der Waals surface area contributed by atoms with Crippen LogP contribution in [0, 0.1) is 0 Å². The summed E-state index contributed by atoms with van der Waals surface area (Å²) in [4.78, 5) is 2.43. The summed E-state index contributed by atoms with van der Waals surface area (Å²) in [5.41, 5.74) is 0. The third-order valence-corrected chi connectivity index (χ3v) is 3.48. The van der Waals surface area contributed by atoms with Gasteiger partial charge in [-0.2, -0.15) is 0 Å². The summed E-state index contributed by atoms with van der Waals surface area (Å²) in [6.07, 6.45) is 3.22. The molecule has 0 saturated carbocycles. The Bertz CT molecular complexity index is 202. The van der Waals surface area contributed by atoms with Crippen LogP contribution in [0.2, 0.25) is 0 Å². The van der Waals surface area contributed by atoms with Crippen molar-refractivity contribution in [3.63, 3.8) is 0 Å². The second kappa shape index (κ2) is 9.73. The quantitative estimate of drug-likeness (QED) is 0.602. The molecule has 1 saturated heterocycles. The van der Waals surface area contributed by atoms with E-state index in [1.165, 1.54) is 12.8 Å². The molecule has 18 heavy (non-hydrogen) atoms. The van der Waals surface area contributed by atoms with Crippen molar-refractivity contribution in [1.82, 2.24) is 10.2 Å². The van der Waals surface area contributed by atoms with Crippen molar-refractivity contribution in [3.05, 3.63) is 0 Å². The predicted molar refractivity (Wildman–Crippen MR) is 75.0 cm³/mol. The first-order valence-corrected chi connectivity index (χ1v) is 7.46. The summed E-state index contributed by atoms with van der Waals surface area (Å²) in [7, 11) is 0. The normalized spacial score (nSPS) is 24.0. The third-order valence-electron chi connectivity index (χ3n) is 3.48. The molecule has 0 aromatic carbocycles. The van der Waals surface area contributed by atoms with Crippen LogP contribution in [0.25, 0.3) is 0 Å². The van der Waals surface area contributed by atoms with Gasteiger partial charge in [-0.25, -0.2) is 0 Å². The Kier molecular flexibility index (Phi) is 8.59. The second-order valence-corrected chi connectivity index (χ2v) is 4.86. The Morgan fingerprint density at radius 2 is 2.00 bits per heavy atom. The van der Waals surface area contributed by atoms with Crippen molar-refractivity contribution in [2.75, 3.05) is 45.9 Å². The molecule has 108 valence electrons. The molecule has 1 aliphatic heterocycles. The smallest absolute Gasteiger partial charge is 0.0707 e. The van der Waals surface area contributed by atoms with E-state index in [1.54, 1.807) is 0 Å². The maximum atomic E-state index is 6.06. The van der Waals surface area contributed by atoms with Gasteiger partial charge in [0.2, 0.25) is 0 Å². The van der Waals surface area contributed by atoms with Crippen LogP contribution < -0.4 is 5.32 Å². The maximum Gasteiger partial charge on any atom is 0.0707 e. The van der Waals surface area contributed by atoms with E-state index in [0.29, 0.717) is 12.2 Å². The lowest BCUT2D eigenvalue weighted by Gasteiger charge is -2.24. The van der Waals surface area contributed by atoms with E-state index in [1.807, 2.05) is 6.92 Å². The monoisotopic (exact) mass is 258 g/mol. The maximum absolute atomic E-state index is 6.06. The van der Waals surface area contributed by atoms with Gasteiger partial charge in [0.15, 0.2) is 0 Å². The molecule has 0 radical (unpaired) electrons. The molecule has 4 heteroatoms. The van der Waals surface area contributed by atoms with E-state index >= 15 is 0 Å². The molecule has 0 spiro atoms. The first kappa shape index (κ1) is 15.9. The molecule has 0 aliphatic carbocycles. The molecule has 0 aromatic heterocycles. The number of hydrogen-bond donors (Lipinski definition) is 1. The highest BCUT2D eigenvalue weighted by molar-refractivity contribution is 4.77. The third kappa shape index (κ3) is 6.14. The highest BCUT2D eigenvalue weighted by atomic mass is 16.5. The first-order valence-electron chi connectivity index (χ1n) is 7.46. The van der Waals surface area contributed by atoms with Crippen molar-refractivity contribution in [2.24, 2.45) is 0 Å². The Labute approximate surface area is 112 Å². The molecule has 0 amide bonds. The van der Waals surface area contributed by atoms with Crippen LogP contribution in [0.4, 0.5) is 0 Å². The summed E-state index contributed by atoms with van der Waals surface area (Å²) < 4.78 is 11.5. The highest BCUT2D eigenvalue weighted by Crippen LogP contribution is 2.20. The van der Waals surface area contributed by atoms with Gasteiger partial charge in [-0.15, -0.1) is 0 Å². The minimum Gasteiger partial charge on any atom is -0.380 e. The van der Waals surface area contributed by atoms with Gasteiger partial charge in [-0.1, -0.05) is 13.8 Å². The highest BCUT2D eigenvalue weighted by Gasteiger charge is 2.25.